The fourth-order valence-corrected chi connectivity index (χ4v) is 4.18. The van der Waals surface area contributed by atoms with Crippen LogP contribution in [0.5, 0.6) is 0 Å². The van der Waals surface area contributed by atoms with Crippen LogP contribution in [-0.4, -0.2) is 23.4 Å². The Morgan fingerprint density at radius 1 is 0.923 bits per heavy atom. The van der Waals surface area contributed by atoms with Crippen LogP contribution in [-0.2, 0) is 11.2 Å². The van der Waals surface area contributed by atoms with E-state index in [1.54, 1.807) is 11.3 Å². The van der Waals surface area contributed by atoms with Crippen LogP contribution >= 0.6 is 11.3 Å². The van der Waals surface area contributed by atoms with E-state index in [1.165, 1.54) is 4.88 Å². The van der Waals surface area contributed by atoms with Gasteiger partial charge in [0.15, 0.2) is 0 Å². The number of thiophene rings is 1. The molecule has 0 spiro atoms. The van der Waals surface area contributed by atoms with Gasteiger partial charge < -0.3 is 4.90 Å². The molecular formula is C23H23NOS. The average Bonchev–Trinajstić information content (AvgIpc) is 3.38. The molecular weight excluding hydrogens is 338 g/mol. The van der Waals surface area contributed by atoms with Crippen molar-refractivity contribution in [2.45, 2.75) is 31.2 Å². The lowest BCUT2D eigenvalue weighted by molar-refractivity contribution is -0.132. The summed E-state index contributed by atoms with van der Waals surface area (Å²) in [7, 11) is 0. The lowest BCUT2D eigenvalue weighted by Gasteiger charge is -2.28. The number of amides is 1. The van der Waals surface area contributed by atoms with Crippen LogP contribution in [0.25, 0.3) is 0 Å². The van der Waals surface area contributed by atoms with Gasteiger partial charge in [-0.25, -0.2) is 0 Å². The maximum absolute atomic E-state index is 13.6. The van der Waals surface area contributed by atoms with Crippen LogP contribution in [0.3, 0.4) is 0 Å². The van der Waals surface area contributed by atoms with Crippen molar-refractivity contribution in [1.82, 2.24) is 4.90 Å². The van der Waals surface area contributed by atoms with Gasteiger partial charge in [0.25, 0.3) is 0 Å². The minimum absolute atomic E-state index is 0.221. The van der Waals surface area contributed by atoms with Crippen LogP contribution < -0.4 is 0 Å². The van der Waals surface area contributed by atoms with Gasteiger partial charge in [0, 0.05) is 17.5 Å². The van der Waals surface area contributed by atoms with Gasteiger partial charge in [-0.1, -0.05) is 66.7 Å². The van der Waals surface area contributed by atoms with Crippen molar-refractivity contribution < 1.29 is 4.79 Å². The summed E-state index contributed by atoms with van der Waals surface area (Å²) in [4.78, 5) is 17.1. The van der Waals surface area contributed by atoms with Crippen molar-refractivity contribution in [3.8, 4) is 0 Å². The SMILES string of the molecule is O=C(C(c1ccccc1)c1ccccc1)N(CCc1cccs1)C1CC1. The van der Waals surface area contributed by atoms with Crippen molar-refractivity contribution in [2.75, 3.05) is 6.54 Å². The summed E-state index contributed by atoms with van der Waals surface area (Å²) < 4.78 is 0. The summed E-state index contributed by atoms with van der Waals surface area (Å²) in [5.41, 5.74) is 2.15. The summed E-state index contributed by atoms with van der Waals surface area (Å²) in [6.07, 6.45) is 3.20. The van der Waals surface area contributed by atoms with Crippen LogP contribution in [0.1, 0.15) is 34.8 Å². The van der Waals surface area contributed by atoms with Crippen LogP contribution in [0.2, 0.25) is 0 Å². The maximum atomic E-state index is 13.6. The Hall–Kier alpha value is -2.39. The first-order valence-electron chi connectivity index (χ1n) is 9.25. The molecule has 1 saturated carbocycles. The van der Waals surface area contributed by atoms with E-state index >= 15 is 0 Å². The van der Waals surface area contributed by atoms with E-state index in [0.717, 1.165) is 36.9 Å². The van der Waals surface area contributed by atoms with E-state index in [-0.39, 0.29) is 11.8 Å². The molecule has 3 aromatic rings. The second kappa shape index (κ2) is 7.88. The smallest absolute Gasteiger partial charge is 0.234 e. The number of nitrogens with zero attached hydrogens (tertiary/aromatic N) is 1. The number of hydrogen-bond donors (Lipinski definition) is 0. The van der Waals surface area contributed by atoms with Crippen molar-refractivity contribution in [3.63, 3.8) is 0 Å². The van der Waals surface area contributed by atoms with Gasteiger partial charge in [0.05, 0.1) is 5.92 Å². The van der Waals surface area contributed by atoms with Gasteiger partial charge in [-0.05, 0) is 41.8 Å². The minimum atomic E-state index is -0.221. The maximum Gasteiger partial charge on any atom is 0.234 e. The number of carbonyl (C=O) groups excluding carboxylic acids is 1. The Morgan fingerprint density at radius 2 is 1.54 bits per heavy atom. The molecule has 1 aromatic heterocycles. The van der Waals surface area contributed by atoms with E-state index in [4.69, 9.17) is 0 Å². The molecule has 1 amide bonds. The highest BCUT2D eigenvalue weighted by Crippen LogP contribution is 2.33. The molecule has 2 nitrogen and oxygen atoms in total. The Kier molecular flexibility index (Phi) is 5.16. The third-order valence-corrected chi connectivity index (χ3v) is 5.90. The lowest BCUT2D eigenvalue weighted by atomic mass is 9.90. The summed E-state index contributed by atoms with van der Waals surface area (Å²) in [5.74, 6) is 0.0165. The molecule has 0 saturated heterocycles. The molecule has 2 aromatic carbocycles. The fraction of sp³-hybridized carbons (Fsp3) is 0.261. The van der Waals surface area contributed by atoms with Gasteiger partial charge in [-0.3, -0.25) is 4.79 Å². The highest BCUT2D eigenvalue weighted by atomic mass is 32.1. The number of hydrogen-bond acceptors (Lipinski definition) is 2. The molecule has 0 N–H and O–H groups in total. The molecule has 1 aliphatic rings. The van der Waals surface area contributed by atoms with Crippen molar-refractivity contribution in [1.29, 1.82) is 0 Å². The molecule has 0 bridgehead atoms. The minimum Gasteiger partial charge on any atom is -0.339 e. The predicted octanol–water partition coefficient (Wildman–Crippen LogP) is 5.11. The van der Waals surface area contributed by atoms with Gasteiger partial charge in [0.2, 0.25) is 5.91 Å². The quantitative estimate of drug-likeness (QED) is 0.572. The molecule has 1 aliphatic carbocycles. The zero-order chi connectivity index (χ0) is 17.8. The van der Waals surface area contributed by atoms with E-state index in [2.05, 4.69) is 46.7 Å². The van der Waals surface area contributed by atoms with E-state index in [1.807, 2.05) is 36.4 Å². The highest BCUT2D eigenvalue weighted by Gasteiger charge is 2.36. The zero-order valence-corrected chi connectivity index (χ0v) is 15.6. The second-order valence-corrected chi connectivity index (χ2v) is 7.88. The van der Waals surface area contributed by atoms with Gasteiger partial charge >= 0.3 is 0 Å². The van der Waals surface area contributed by atoms with Gasteiger partial charge in [0.1, 0.15) is 0 Å². The van der Waals surface area contributed by atoms with Crippen molar-refractivity contribution >= 4 is 17.2 Å². The summed E-state index contributed by atoms with van der Waals surface area (Å²) in [6.45, 7) is 0.806. The number of carbonyl (C=O) groups is 1. The summed E-state index contributed by atoms with van der Waals surface area (Å²) in [6, 6.07) is 25.0. The number of rotatable bonds is 7. The fourth-order valence-electron chi connectivity index (χ4n) is 3.48. The zero-order valence-electron chi connectivity index (χ0n) is 14.8. The molecule has 0 radical (unpaired) electrons. The Bertz CT molecular complexity index is 786. The average molecular weight is 362 g/mol. The van der Waals surface area contributed by atoms with Crippen molar-refractivity contribution in [3.05, 3.63) is 94.2 Å². The van der Waals surface area contributed by atoms with Crippen LogP contribution in [0.4, 0.5) is 0 Å². The second-order valence-electron chi connectivity index (χ2n) is 6.85. The molecule has 1 heterocycles. The first kappa shape index (κ1) is 17.0. The van der Waals surface area contributed by atoms with Gasteiger partial charge in [-0.15, -0.1) is 11.3 Å². The largest absolute Gasteiger partial charge is 0.339 e. The molecule has 1 fully saturated rings. The van der Waals surface area contributed by atoms with E-state index in [0.29, 0.717) is 6.04 Å². The monoisotopic (exact) mass is 361 g/mol. The molecule has 26 heavy (non-hydrogen) atoms. The van der Waals surface area contributed by atoms with Crippen LogP contribution in [0, 0.1) is 0 Å². The number of benzene rings is 2. The third-order valence-electron chi connectivity index (χ3n) is 4.96. The predicted molar refractivity (Wildman–Crippen MR) is 107 cm³/mol. The van der Waals surface area contributed by atoms with Gasteiger partial charge in [-0.2, -0.15) is 0 Å². The first-order chi connectivity index (χ1) is 12.8. The van der Waals surface area contributed by atoms with Crippen LogP contribution in [0.15, 0.2) is 78.2 Å². The third kappa shape index (κ3) is 3.88. The van der Waals surface area contributed by atoms with Crippen molar-refractivity contribution in [2.24, 2.45) is 0 Å². The molecule has 3 heteroatoms. The molecule has 4 rings (SSSR count). The van der Waals surface area contributed by atoms with E-state index < -0.39 is 0 Å². The van der Waals surface area contributed by atoms with E-state index in [9.17, 15) is 4.79 Å². The molecule has 0 unspecified atom stereocenters. The Morgan fingerprint density at radius 3 is 2.04 bits per heavy atom. The normalized spacial score (nSPS) is 13.7. The lowest BCUT2D eigenvalue weighted by Crippen LogP contribution is -2.38. The summed E-state index contributed by atoms with van der Waals surface area (Å²) in [5, 5.41) is 2.11. The molecule has 132 valence electrons. The topological polar surface area (TPSA) is 20.3 Å². The molecule has 0 aliphatic heterocycles. The molecule has 0 atom stereocenters. The standard InChI is InChI=1S/C23H23NOS/c25-23(24(20-13-14-20)16-15-21-12-7-17-26-21)22(18-8-3-1-4-9-18)19-10-5-2-6-11-19/h1-12,17,20,22H,13-16H2. The highest BCUT2D eigenvalue weighted by molar-refractivity contribution is 7.09. The first-order valence-corrected chi connectivity index (χ1v) is 10.1. The summed E-state index contributed by atoms with van der Waals surface area (Å²) >= 11 is 1.77. The Labute approximate surface area is 159 Å². The Balaban J connectivity index is 1.61.